The number of carbonyl (C=O) groups is 2. The molecule has 0 radical (unpaired) electrons. The highest BCUT2D eigenvalue weighted by atomic mass is 16.6. The molecule has 0 saturated carbocycles. The van der Waals surface area contributed by atoms with Crippen molar-refractivity contribution in [2.24, 2.45) is 0 Å². The molecule has 2 aromatic carbocycles. The predicted molar refractivity (Wildman–Crippen MR) is 111 cm³/mol. The van der Waals surface area contributed by atoms with Crippen LogP contribution in [0.3, 0.4) is 0 Å². The number of hydrogen-bond donors (Lipinski definition) is 2. The van der Waals surface area contributed by atoms with E-state index >= 15 is 0 Å². The maximum absolute atomic E-state index is 12.1. The fourth-order valence-corrected chi connectivity index (χ4v) is 2.55. The van der Waals surface area contributed by atoms with E-state index in [0.29, 0.717) is 22.9 Å². The molecule has 0 aliphatic heterocycles. The van der Waals surface area contributed by atoms with Crippen molar-refractivity contribution < 1.29 is 24.0 Å². The minimum atomic E-state index is -0.522. The number of aromatic nitrogens is 2. The van der Waals surface area contributed by atoms with Gasteiger partial charge in [-0.1, -0.05) is 0 Å². The number of nitro benzene ring substituents is 1. The topological polar surface area (TPSA) is 138 Å². The summed E-state index contributed by atoms with van der Waals surface area (Å²) in [5.41, 5.74) is 0.949. The average Bonchev–Trinajstić information content (AvgIpc) is 3.19. The minimum Gasteiger partial charge on any atom is -0.497 e. The average molecular weight is 425 g/mol. The summed E-state index contributed by atoms with van der Waals surface area (Å²) in [4.78, 5) is 34.3. The van der Waals surface area contributed by atoms with Crippen molar-refractivity contribution in [2.45, 2.75) is 6.54 Å². The Kier molecular flexibility index (Phi) is 6.78. The van der Waals surface area contributed by atoms with Crippen molar-refractivity contribution in [2.75, 3.05) is 24.4 Å². The lowest BCUT2D eigenvalue weighted by Crippen LogP contribution is -2.20. The molecule has 31 heavy (non-hydrogen) atoms. The number of ether oxygens (including phenoxy) is 2. The molecule has 0 saturated heterocycles. The third-order valence-corrected chi connectivity index (χ3v) is 4.01. The Balaban J connectivity index is 1.45. The Morgan fingerprint density at radius 1 is 1.00 bits per heavy atom. The summed E-state index contributed by atoms with van der Waals surface area (Å²) in [7, 11) is 1.56. The third kappa shape index (κ3) is 6.29. The highest BCUT2D eigenvalue weighted by Gasteiger charge is 2.10. The van der Waals surface area contributed by atoms with Crippen LogP contribution in [0.25, 0.3) is 0 Å². The summed E-state index contributed by atoms with van der Waals surface area (Å²) in [6.07, 6.45) is 2.92. The van der Waals surface area contributed by atoms with Crippen molar-refractivity contribution in [3.8, 4) is 11.5 Å². The van der Waals surface area contributed by atoms with Gasteiger partial charge in [-0.3, -0.25) is 24.4 Å². The van der Waals surface area contributed by atoms with Crippen LogP contribution >= 0.6 is 0 Å². The summed E-state index contributed by atoms with van der Waals surface area (Å²) < 4.78 is 11.7. The van der Waals surface area contributed by atoms with Gasteiger partial charge in [0.25, 0.3) is 11.6 Å². The lowest BCUT2D eigenvalue weighted by Gasteiger charge is -2.07. The first-order valence-electron chi connectivity index (χ1n) is 9.06. The van der Waals surface area contributed by atoms with Gasteiger partial charge >= 0.3 is 0 Å². The highest BCUT2D eigenvalue weighted by Crippen LogP contribution is 2.17. The molecule has 2 N–H and O–H groups in total. The maximum atomic E-state index is 12.1. The van der Waals surface area contributed by atoms with Gasteiger partial charge in [-0.15, -0.1) is 0 Å². The molecule has 3 rings (SSSR count). The first-order valence-corrected chi connectivity index (χ1v) is 9.06. The standard InChI is InChI=1S/C20H19N5O6/c1-30-17-6-2-14(3-7-17)22-19(26)12-24-11-15(10-21-24)23-20(27)13-31-18-8-4-16(5-9-18)25(28)29/h2-11H,12-13H2,1H3,(H,22,26)(H,23,27). The Morgan fingerprint density at radius 2 is 1.65 bits per heavy atom. The molecule has 0 fully saturated rings. The van der Waals surface area contributed by atoms with E-state index in [-0.39, 0.29) is 24.7 Å². The monoisotopic (exact) mass is 425 g/mol. The summed E-state index contributed by atoms with van der Waals surface area (Å²) in [6, 6.07) is 12.3. The van der Waals surface area contributed by atoms with Gasteiger partial charge in [-0.05, 0) is 36.4 Å². The number of nitrogens with one attached hydrogen (secondary N) is 2. The number of hydrogen-bond acceptors (Lipinski definition) is 7. The first kappa shape index (κ1) is 21.3. The number of non-ortho nitro benzene ring substituents is 1. The summed E-state index contributed by atoms with van der Waals surface area (Å²) in [5.74, 6) is 0.280. The van der Waals surface area contributed by atoms with Crippen LogP contribution in [-0.2, 0) is 16.1 Å². The van der Waals surface area contributed by atoms with E-state index in [0.717, 1.165) is 0 Å². The fourth-order valence-electron chi connectivity index (χ4n) is 2.55. The van der Waals surface area contributed by atoms with Gasteiger partial charge in [-0.25, -0.2) is 0 Å². The van der Waals surface area contributed by atoms with Gasteiger partial charge < -0.3 is 20.1 Å². The summed E-state index contributed by atoms with van der Waals surface area (Å²) >= 11 is 0. The second-order valence-corrected chi connectivity index (χ2v) is 6.29. The van der Waals surface area contributed by atoms with Crippen LogP contribution in [0.5, 0.6) is 11.5 Å². The van der Waals surface area contributed by atoms with E-state index in [1.165, 1.54) is 41.3 Å². The molecule has 0 aliphatic carbocycles. The quantitative estimate of drug-likeness (QED) is 0.397. The summed E-state index contributed by atoms with van der Waals surface area (Å²) in [6.45, 7) is -0.331. The Morgan fingerprint density at radius 3 is 2.29 bits per heavy atom. The van der Waals surface area contributed by atoms with Crippen molar-refractivity contribution >= 4 is 28.9 Å². The molecule has 1 aromatic heterocycles. The van der Waals surface area contributed by atoms with Gasteiger partial charge in [0.2, 0.25) is 5.91 Å². The Bertz CT molecular complexity index is 1060. The van der Waals surface area contributed by atoms with Crippen LogP contribution in [0.2, 0.25) is 0 Å². The molecule has 0 unspecified atom stereocenters. The van der Waals surface area contributed by atoms with Crippen molar-refractivity contribution in [3.05, 3.63) is 71.0 Å². The smallest absolute Gasteiger partial charge is 0.269 e. The molecule has 3 aromatic rings. The van der Waals surface area contributed by atoms with Crippen LogP contribution in [-0.4, -0.2) is 40.2 Å². The van der Waals surface area contributed by atoms with E-state index in [4.69, 9.17) is 9.47 Å². The third-order valence-electron chi connectivity index (χ3n) is 4.01. The van der Waals surface area contributed by atoms with Crippen LogP contribution in [0.1, 0.15) is 0 Å². The van der Waals surface area contributed by atoms with E-state index in [1.54, 1.807) is 31.4 Å². The molecule has 0 bridgehead atoms. The van der Waals surface area contributed by atoms with Crippen molar-refractivity contribution in [3.63, 3.8) is 0 Å². The number of rotatable bonds is 9. The van der Waals surface area contributed by atoms with E-state index in [1.807, 2.05) is 0 Å². The minimum absolute atomic E-state index is 0.0405. The normalized spacial score (nSPS) is 10.2. The van der Waals surface area contributed by atoms with Crippen molar-refractivity contribution in [1.29, 1.82) is 0 Å². The Hall–Kier alpha value is -4.41. The number of amides is 2. The molecular formula is C20H19N5O6. The van der Waals surface area contributed by atoms with Crippen LogP contribution in [0, 0.1) is 10.1 Å². The molecular weight excluding hydrogens is 406 g/mol. The molecule has 2 amide bonds. The molecule has 160 valence electrons. The lowest BCUT2D eigenvalue weighted by atomic mass is 10.3. The van der Waals surface area contributed by atoms with Crippen molar-refractivity contribution in [1.82, 2.24) is 9.78 Å². The Labute approximate surface area is 176 Å². The largest absolute Gasteiger partial charge is 0.497 e. The van der Waals surface area contributed by atoms with Gasteiger partial charge in [0.15, 0.2) is 6.61 Å². The number of methoxy groups -OCH3 is 1. The van der Waals surface area contributed by atoms with E-state index in [9.17, 15) is 19.7 Å². The second kappa shape index (κ2) is 9.87. The zero-order valence-corrected chi connectivity index (χ0v) is 16.5. The van der Waals surface area contributed by atoms with Crippen LogP contribution in [0.4, 0.5) is 17.1 Å². The molecule has 0 aliphatic rings. The number of carbonyl (C=O) groups excluding carboxylic acids is 2. The molecule has 11 nitrogen and oxygen atoms in total. The second-order valence-electron chi connectivity index (χ2n) is 6.29. The molecule has 1 heterocycles. The van der Waals surface area contributed by atoms with E-state index in [2.05, 4.69) is 15.7 Å². The maximum Gasteiger partial charge on any atom is 0.269 e. The fraction of sp³-hybridized carbons (Fsp3) is 0.150. The van der Waals surface area contributed by atoms with E-state index < -0.39 is 10.8 Å². The zero-order valence-electron chi connectivity index (χ0n) is 16.5. The molecule has 0 atom stereocenters. The number of anilines is 2. The SMILES string of the molecule is COc1ccc(NC(=O)Cn2cc(NC(=O)COc3ccc([N+](=O)[O-])cc3)cn2)cc1. The van der Waals surface area contributed by atoms with Gasteiger partial charge in [0, 0.05) is 24.0 Å². The van der Waals surface area contributed by atoms with Gasteiger partial charge in [0.1, 0.15) is 18.0 Å². The number of nitrogens with zero attached hydrogens (tertiary/aromatic N) is 3. The van der Waals surface area contributed by atoms with Gasteiger partial charge in [-0.2, -0.15) is 5.10 Å². The first-order chi connectivity index (χ1) is 14.9. The highest BCUT2D eigenvalue weighted by molar-refractivity contribution is 5.92. The molecule has 0 spiro atoms. The number of nitro groups is 1. The molecule has 11 heteroatoms. The zero-order chi connectivity index (χ0) is 22.2. The van der Waals surface area contributed by atoms with Gasteiger partial charge in [0.05, 0.1) is 23.9 Å². The predicted octanol–water partition coefficient (Wildman–Crippen LogP) is 2.46. The lowest BCUT2D eigenvalue weighted by molar-refractivity contribution is -0.384. The number of benzene rings is 2. The summed E-state index contributed by atoms with van der Waals surface area (Å²) in [5, 5.41) is 20.0. The van der Waals surface area contributed by atoms with Crippen LogP contribution < -0.4 is 20.1 Å². The van der Waals surface area contributed by atoms with Crippen LogP contribution in [0.15, 0.2) is 60.9 Å².